The van der Waals surface area contributed by atoms with Gasteiger partial charge in [0.25, 0.3) is 5.91 Å². The summed E-state index contributed by atoms with van der Waals surface area (Å²) in [6.07, 6.45) is 1.77. The van der Waals surface area contributed by atoms with Gasteiger partial charge in [0, 0.05) is 25.4 Å². The number of carbonyl (C=O) groups is 1. The van der Waals surface area contributed by atoms with E-state index in [1.807, 2.05) is 52.1 Å². The second-order valence-corrected chi connectivity index (χ2v) is 5.93. The molecule has 2 aromatic carbocycles. The van der Waals surface area contributed by atoms with Gasteiger partial charge < -0.3 is 4.90 Å². The van der Waals surface area contributed by atoms with Crippen LogP contribution in [0.3, 0.4) is 0 Å². The van der Waals surface area contributed by atoms with Gasteiger partial charge in [0.2, 0.25) is 0 Å². The molecule has 2 rings (SSSR count). The van der Waals surface area contributed by atoms with Gasteiger partial charge in [-0.15, -0.1) is 0 Å². The quantitative estimate of drug-likeness (QED) is 0.759. The van der Waals surface area contributed by atoms with E-state index in [1.54, 1.807) is 11.1 Å². The van der Waals surface area contributed by atoms with E-state index in [1.165, 1.54) is 11.1 Å². The number of hydrogen-bond donors (Lipinski definition) is 0. The maximum absolute atomic E-state index is 12.8. The van der Waals surface area contributed by atoms with Gasteiger partial charge in [-0.1, -0.05) is 24.3 Å². The fraction of sp³-hybridized carbons (Fsp3) is 0.300. The number of nitrogens with zero attached hydrogens (tertiary/aromatic N) is 2. The zero-order valence-electron chi connectivity index (χ0n) is 14.6. The normalized spacial score (nSPS) is 11.0. The first-order valence-electron chi connectivity index (χ1n) is 7.84. The second kappa shape index (κ2) is 7.23. The predicted octanol–water partition coefficient (Wildman–Crippen LogP) is 4.61. The highest BCUT2D eigenvalue weighted by molar-refractivity contribution is 5.96. The first kappa shape index (κ1) is 16.9. The molecule has 0 saturated carbocycles. The standard InChI is InChI=1S/C20H24N2O/c1-6-21-19-12-15(3)18(11-16(19)4)20(23)22(5)13-17-10-8-7-9-14(17)2/h6-12H,13H2,1-5H3. The van der Waals surface area contributed by atoms with Crippen molar-refractivity contribution in [3.8, 4) is 0 Å². The Labute approximate surface area is 138 Å². The molecule has 0 fully saturated rings. The van der Waals surface area contributed by atoms with E-state index < -0.39 is 0 Å². The largest absolute Gasteiger partial charge is 0.337 e. The van der Waals surface area contributed by atoms with Crippen LogP contribution < -0.4 is 0 Å². The highest BCUT2D eigenvalue weighted by atomic mass is 16.2. The van der Waals surface area contributed by atoms with Gasteiger partial charge in [0.1, 0.15) is 0 Å². The van der Waals surface area contributed by atoms with Crippen molar-refractivity contribution in [2.24, 2.45) is 4.99 Å². The Balaban J connectivity index is 2.26. The number of amides is 1. The van der Waals surface area contributed by atoms with E-state index in [-0.39, 0.29) is 5.91 Å². The Morgan fingerprint density at radius 3 is 2.43 bits per heavy atom. The molecule has 0 aliphatic heterocycles. The van der Waals surface area contributed by atoms with E-state index in [4.69, 9.17) is 0 Å². The van der Waals surface area contributed by atoms with Crippen LogP contribution >= 0.6 is 0 Å². The Kier molecular flexibility index (Phi) is 5.32. The molecule has 2 aromatic rings. The van der Waals surface area contributed by atoms with Gasteiger partial charge in [-0.05, 0) is 62.1 Å². The molecule has 1 amide bonds. The van der Waals surface area contributed by atoms with Crippen molar-refractivity contribution in [3.63, 3.8) is 0 Å². The summed E-state index contributed by atoms with van der Waals surface area (Å²) in [7, 11) is 1.85. The molecule has 0 saturated heterocycles. The molecular weight excluding hydrogens is 284 g/mol. The van der Waals surface area contributed by atoms with Crippen LogP contribution in [0.15, 0.2) is 41.4 Å². The zero-order chi connectivity index (χ0) is 17.0. The summed E-state index contributed by atoms with van der Waals surface area (Å²) in [5.41, 5.74) is 6.01. The molecule has 0 spiro atoms. The predicted molar refractivity (Wildman–Crippen MR) is 96.7 cm³/mol. The van der Waals surface area contributed by atoms with Gasteiger partial charge in [-0.3, -0.25) is 9.79 Å². The maximum Gasteiger partial charge on any atom is 0.254 e. The van der Waals surface area contributed by atoms with E-state index in [0.717, 1.165) is 22.4 Å². The molecule has 0 N–H and O–H groups in total. The lowest BCUT2D eigenvalue weighted by molar-refractivity contribution is 0.0784. The lowest BCUT2D eigenvalue weighted by Crippen LogP contribution is -2.27. The second-order valence-electron chi connectivity index (χ2n) is 5.93. The van der Waals surface area contributed by atoms with Crippen molar-refractivity contribution >= 4 is 17.8 Å². The molecule has 0 heterocycles. The van der Waals surface area contributed by atoms with Crippen molar-refractivity contribution in [1.29, 1.82) is 0 Å². The van der Waals surface area contributed by atoms with Crippen LogP contribution in [0.1, 0.15) is 39.5 Å². The van der Waals surface area contributed by atoms with Crippen molar-refractivity contribution in [1.82, 2.24) is 4.90 Å². The molecule has 3 nitrogen and oxygen atoms in total. The van der Waals surface area contributed by atoms with Gasteiger partial charge in [-0.25, -0.2) is 0 Å². The summed E-state index contributed by atoms with van der Waals surface area (Å²) in [5.74, 6) is 0.0425. The van der Waals surface area contributed by atoms with Crippen LogP contribution in [0.25, 0.3) is 0 Å². The van der Waals surface area contributed by atoms with Crippen LogP contribution in [-0.2, 0) is 6.54 Å². The van der Waals surface area contributed by atoms with Gasteiger partial charge in [0.15, 0.2) is 0 Å². The fourth-order valence-corrected chi connectivity index (χ4v) is 2.63. The lowest BCUT2D eigenvalue weighted by Gasteiger charge is -2.20. The summed E-state index contributed by atoms with van der Waals surface area (Å²) in [6, 6.07) is 12.1. The number of rotatable bonds is 4. The highest BCUT2D eigenvalue weighted by Gasteiger charge is 2.16. The number of benzene rings is 2. The van der Waals surface area contributed by atoms with Crippen LogP contribution in [-0.4, -0.2) is 24.1 Å². The third-order valence-electron chi connectivity index (χ3n) is 4.06. The number of carbonyl (C=O) groups excluding carboxylic acids is 1. The minimum atomic E-state index is 0.0425. The monoisotopic (exact) mass is 308 g/mol. The van der Waals surface area contributed by atoms with Crippen molar-refractivity contribution in [2.45, 2.75) is 34.2 Å². The highest BCUT2D eigenvalue weighted by Crippen LogP contribution is 2.24. The van der Waals surface area contributed by atoms with E-state index in [0.29, 0.717) is 6.54 Å². The molecule has 0 aliphatic rings. The fourth-order valence-electron chi connectivity index (χ4n) is 2.63. The zero-order valence-corrected chi connectivity index (χ0v) is 14.6. The SMILES string of the molecule is CC=Nc1cc(C)c(C(=O)N(C)Cc2ccccc2C)cc1C. The molecule has 0 unspecified atom stereocenters. The first-order chi connectivity index (χ1) is 10.9. The summed E-state index contributed by atoms with van der Waals surface area (Å²) >= 11 is 0. The molecular formula is C20H24N2O. The Bertz CT molecular complexity index is 747. The van der Waals surface area contributed by atoms with Crippen LogP contribution in [0.5, 0.6) is 0 Å². The van der Waals surface area contributed by atoms with Crippen molar-refractivity contribution in [3.05, 3.63) is 64.2 Å². The lowest BCUT2D eigenvalue weighted by atomic mass is 10.0. The van der Waals surface area contributed by atoms with E-state index in [9.17, 15) is 4.79 Å². The van der Waals surface area contributed by atoms with Gasteiger partial charge >= 0.3 is 0 Å². The number of hydrogen-bond acceptors (Lipinski definition) is 2. The third kappa shape index (κ3) is 3.86. The van der Waals surface area contributed by atoms with Crippen LogP contribution in [0.2, 0.25) is 0 Å². The Morgan fingerprint density at radius 1 is 1.09 bits per heavy atom. The van der Waals surface area contributed by atoms with E-state index >= 15 is 0 Å². The van der Waals surface area contributed by atoms with Crippen LogP contribution in [0.4, 0.5) is 5.69 Å². The summed E-state index contributed by atoms with van der Waals surface area (Å²) < 4.78 is 0. The minimum Gasteiger partial charge on any atom is -0.337 e. The Morgan fingerprint density at radius 2 is 1.78 bits per heavy atom. The summed E-state index contributed by atoms with van der Waals surface area (Å²) in [4.78, 5) is 18.9. The van der Waals surface area contributed by atoms with Gasteiger partial charge in [0.05, 0.1) is 5.69 Å². The molecule has 0 aliphatic carbocycles. The maximum atomic E-state index is 12.8. The molecule has 3 heteroatoms. The first-order valence-corrected chi connectivity index (χ1v) is 7.84. The van der Waals surface area contributed by atoms with Crippen molar-refractivity contribution in [2.75, 3.05) is 7.05 Å². The Hall–Kier alpha value is -2.42. The molecule has 0 bridgehead atoms. The number of aliphatic imine (C=N–C) groups is 1. The summed E-state index contributed by atoms with van der Waals surface area (Å²) in [5, 5.41) is 0. The molecule has 23 heavy (non-hydrogen) atoms. The van der Waals surface area contributed by atoms with Gasteiger partial charge in [-0.2, -0.15) is 0 Å². The molecule has 120 valence electrons. The molecule has 0 radical (unpaired) electrons. The van der Waals surface area contributed by atoms with Crippen LogP contribution in [0, 0.1) is 20.8 Å². The number of aryl methyl sites for hydroxylation is 3. The molecule has 0 atom stereocenters. The third-order valence-corrected chi connectivity index (χ3v) is 4.06. The smallest absolute Gasteiger partial charge is 0.254 e. The average molecular weight is 308 g/mol. The van der Waals surface area contributed by atoms with E-state index in [2.05, 4.69) is 24.0 Å². The summed E-state index contributed by atoms with van der Waals surface area (Å²) in [6.45, 7) is 8.52. The minimum absolute atomic E-state index is 0.0425. The average Bonchev–Trinajstić information content (AvgIpc) is 2.52. The van der Waals surface area contributed by atoms with Crippen molar-refractivity contribution < 1.29 is 4.79 Å². The molecule has 0 aromatic heterocycles. The topological polar surface area (TPSA) is 32.7 Å².